The molecule has 0 atom stereocenters. The molecule has 0 N–H and O–H groups in total. The molecule has 0 heterocycles. The van der Waals surface area contributed by atoms with Gasteiger partial charge in [-0.15, -0.1) is 0 Å². The van der Waals surface area contributed by atoms with E-state index in [0.717, 1.165) is 64.2 Å². The molecule has 0 aliphatic rings. The molecule has 12 aromatic rings. The maximum Gasteiger partial charge on any atom is -0.00258 e. The molecule has 0 aromatic heterocycles. The zero-order valence-corrected chi connectivity index (χ0v) is 49.1. The van der Waals surface area contributed by atoms with E-state index in [4.69, 9.17) is 0 Å². The zero-order valence-electron chi connectivity index (χ0n) is 49.1. The Balaban J connectivity index is 0.000000142. The second-order valence-corrected chi connectivity index (χ2v) is 22.4. The Kier molecular flexibility index (Phi) is 22.2. The molecule has 0 heteroatoms. The van der Waals surface area contributed by atoms with E-state index in [1.807, 2.05) is 0 Å². The lowest BCUT2D eigenvalue weighted by Crippen LogP contribution is -1.94. The van der Waals surface area contributed by atoms with Crippen molar-refractivity contribution >= 4 is 12.2 Å². The summed E-state index contributed by atoms with van der Waals surface area (Å²) in [5, 5.41) is 0. The fourth-order valence-corrected chi connectivity index (χ4v) is 10.8. The molecule has 12 rings (SSSR count). The van der Waals surface area contributed by atoms with Crippen molar-refractivity contribution in [1.29, 1.82) is 0 Å². The number of hydrogen-bond donors (Lipinski definition) is 0. The summed E-state index contributed by atoms with van der Waals surface area (Å²) in [6.45, 7) is 0. The summed E-state index contributed by atoms with van der Waals surface area (Å²) < 4.78 is 0. The van der Waals surface area contributed by atoms with Crippen molar-refractivity contribution in [2.45, 2.75) is 70.6 Å². The molecule has 0 amide bonds. The van der Waals surface area contributed by atoms with E-state index in [1.165, 1.54) is 107 Å². The van der Waals surface area contributed by atoms with Crippen LogP contribution in [0.4, 0.5) is 0 Å². The van der Waals surface area contributed by atoms with Crippen molar-refractivity contribution in [2.75, 3.05) is 0 Å². The van der Waals surface area contributed by atoms with Crippen LogP contribution in [0.1, 0.15) is 107 Å². The van der Waals surface area contributed by atoms with Crippen LogP contribution in [0.3, 0.4) is 0 Å². The Bertz CT molecular complexity index is 3520. The van der Waals surface area contributed by atoms with Crippen molar-refractivity contribution in [1.82, 2.24) is 0 Å². The van der Waals surface area contributed by atoms with Crippen LogP contribution in [0.5, 0.6) is 0 Å². The minimum Gasteiger partial charge on any atom is -0.0622 e. The van der Waals surface area contributed by atoms with E-state index in [9.17, 15) is 0 Å². The van der Waals surface area contributed by atoms with Gasteiger partial charge in [-0.3, -0.25) is 0 Å². The highest BCUT2D eigenvalue weighted by Gasteiger charge is 2.04. The smallest absolute Gasteiger partial charge is 0.00258 e. The summed E-state index contributed by atoms with van der Waals surface area (Å²) in [7, 11) is 0. The van der Waals surface area contributed by atoms with Crippen LogP contribution in [0, 0.1) is 0 Å². The van der Waals surface area contributed by atoms with E-state index < -0.39 is 0 Å². The first-order chi connectivity index (χ1) is 42.0. The van der Waals surface area contributed by atoms with Crippen LogP contribution < -0.4 is 0 Å². The number of aryl methyl sites for hydroxylation is 4. The largest absolute Gasteiger partial charge is 0.0622 e. The van der Waals surface area contributed by atoms with Gasteiger partial charge in [0, 0.05) is 0 Å². The third kappa shape index (κ3) is 20.3. The zero-order chi connectivity index (χ0) is 57.8. The fourth-order valence-electron chi connectivity index (χ4n) is 10.8. The third-order valence-corrected chi connectivity index (χ3v) is 15.7. The maximum atomic E-state index is 2.29. The van der Waals surface area contributed by atoms with Crippen molar-refractivity contribution in [2.24, 2.45) is 0 Å². The lowest BCUT2D eigenvalue weighted by atomic mass is 9.99. The Morgan fingerprint density at radius 1 is 0.141 bits per heavy atom. The van der Waals surface area contributed by atoms with E-state index in [2.05, 4.69) is 340 Å². The Morgan fingerprint density at radius 2 is 0.294 bits per heavy atom. The summed E-state index contributed by atoms with van der Waals surface area (Å²) >= 11 is 0. The molecule has 0 spiro atoms. The SMILES string of the molecule is C(=Cc1ccc(Cc2ccccc2)cc1)c1ccc(Cc2ccccc2)cc1.c1ccc(Cc2ccc(CCCc3ccc(Cc4ccccc4)cc3)cc2)cc1.c1ccc(Cc2ccc(CCc3ccc(Cc4ccccc4)cc3)cc2)cc1. The van der Waals surface area contributed by atoms with Crippen molar-refractivity contribution in [3.05, 3.63) is 428 Å². The highest BCUT2D eigenvalue weighted by atomic mass is 14.1. The van der Waals surface area contributed by atoms with Crippen molar-refractivity contribution in [3.8, 4) is 0 Å². The van der Waals surface area contributed by atoms with Crippen LogP contribution in [-0.4, -0.2) is 0 Å². The van der Waals surface area contributed by atoms with E-state index >= 15 is 0 Å². The van der Waals surface area contributed by atoms with Gasteiger partial charge in [0.1, 0.15) is 0 Å². The number of rotatable bonds is 21. The van der Waals surface area contributed by atoms with Gasteiger partial charge in [-0.05, 0) is 171 Å². The minimum atomic E-state index is 0.980. The highest BCUT2D eigenvalue weighted by molar-refractivity contribution is 5.69. The van der Waals surface area contributed by atoms with Gasteiger partial charge >= 0.3 is 0 Å². The molecule has 0 unspecified atom stereocenters. The van der Waals surface area contributed by atoms with Gasteiger partial charge in [0.05, 0.1) is 0 Å². The first-order valence-corrected chi connectivity index (χ1v) is 30.5. The summed E-state index contributed by atoms with van der Waals surface area (Å²) in [5.74, 6) is 0. The van der Waals surface area contributed by atoms with Crippen LogP contribution in [0.2, 0.25) is 0 Å². The maximum absolute atomic E-state index is 2.29. The van der Waals surface area contributed by atoms with Crippen LogP contribution in [-0.2, 0) is 64.2 Å². The Labute approximate surface area is 507 Å². The molecule has 0 nitrogen and oxygen atoms in total. The van der Waals surface area contributed by atoms with Crippen LogP contribution in [0.25, 0.3) is 12.2 Å². The molecule has 0 saturated heterocycles. The average molecular weight is 1100 g/mol. The first kappa shape index (κ1) is 58.6. The standard InChI is InChI=1S/C29H28.C28H26.C28H24/c1-3-8-26(9-4-1)22-28-18-14-24(15-19-28)12-7-13-25-16-20-29(21-17-25)23-27-10-5-2-6-11-27;2*1-3-7-25(8-4-1)21-27-17-13-23(14-18-27)11-12-24-15-19-28(20-16-24)22-26-9-5-2-6-10-26/h1-6,8-11,14-21H,7,12-13,22-23H2;1-10,13-20H,11-12,21-22H2;1-20H,21-22H2. The van der Waals surface area contributed by atoms with Crippen LogP contribution in [0.15, 0.2) is 328 Å². The monoisotopic (exact) mass is 1100 g/mol. The lowest BCUT2D eigenvalue weighted by Gasteiger charge is -2.07. The predicted molar refractivity (Wildman–Crippen MR) is 363 cm³/mol. The first-order valence-electron chi connectivity index (χ1n) is 30.5. The summed E-state index contributed by atoms with van der Waals surface area (Å²) in [6.07, 6.45) is 16.0. The van der Waals surface area contributed by atoms with Gasteiger partial charge in [-0.2, -0.15) is 0 Å². The molecule has 0 bridgehead atoms. The average Bonchev–Trinajstić information content (AvgIpc) is 3.56. The van der Waals surface area contributed by atoms with Gasteiger partial charge in [0.15, 0.2) is 0 Å². The second-order valence-electron chi connectivity index (χ2n) is 22.4. The molecule has 0 aliphatic heterocycles. The lowest BCUT2D eigenvalue weighted by molar-refractivity contribution is 0.819. The molecule has 12 aromatic carbocycles. The molecule has 0 radical (unpaired) electrons. The third-order valence-electron chi connectivity index (χ3n) is 15.7. The van der Waals surface area contributed by atoms with Crippen molar-refractivity contribution < 1.29 is 0 Å². The van der Waals surface area contributed by atoms with Crippen molar-refractivity contribution in [3.63, 3.8) is 0 Å². The molecule has 418 valence electrons. The molecule has 85 heavy (non-hydrogen) atoms. The molecule has 0 fully saturated rings. The van der Waals surface area contributed by atoms with Gasteiger partial charge in [-0.25, -0.2) is 0 Å². The normalized spacial score (nSPS) is 10.8. The number of benzene rings is 12. The van der Waals surface area contributed by atoms with E-state index in [1.54, 1.807) is 0 Å². The summed E-state index contributed by atoms with van der Waals surface area (Å²) in [6, 6.07) is 118. The fraction of sp³-hybridized carbons (Fsp3) is 0.129. The van der Waals surface area contributed by atoms with Gasteiger partial charge in [0.2, 0.25) is 0 Å². The number of hydrogen-bond acceptors (Lipinski definition) is 0. The van der Waals surface area contributed by atoms with E-state index in [0.29, 0.717) is 0 Å². The topological polar surface area (TPSA) is 0 Å². The molecule has 0 aliphatic carbocycles. The second kappa shape index (κ2) is 32.3. The molecular formula is C85H78. The Hall–Kier alpha value is -9.62. The van der Waals surface area contributed by atoms with Crippen LogP contribution >= 0.6 is 0 Å². The molecule has 0 saturated carbocycles. The highest BCUT2D eigenvalue weighted by Crippen LogP contribution is 2.20. The quantitative estimate of drug-likeness (QED) is 0.0629. The summed E-state index contributed by atoms with van der Waals surface area (Å²) in [4.78, 5) is 0. The predicted octanol–water partition coefficient (Wildman–Crippen LogP) is 20.7. The molecular weight excluding hydrogens is 1020 g/mol. The van der Waals surface area contributed by atoms with Gasteiger partial charge < -0.3 is 0 Å². The van der Waals surface area contributed by atoms with Gasteiger partial charge in [-0.1, -0.05) is 340 Å². The summed E-state index contributed by atoms with van der Waals surface area (Å²) in [5.41, 5.74) is 24.5. The van der Waals surface area contributed by atoms with Gasteiger partial charge in [0.25, 0.3) is 0 Å². The minimum absolute atomic E-state index is 0.980. The Morgan fingerprint density at radius 3 is 0.494 bits per heavy atom. The van der Waals surface area contributed by atoms with E-state index in [-0.39, 0.29) is 0 Å².